The van der Waals surface area contributed by atoms with Gasteiger partial charge in [0.15, 0.2) is 0 Å². The summed E-state index contributed by atoms with van der Waals surface area (Å²) in [6.45, 7) is 1.39. The van der Waals surface area contributed by atoms with E-state index >= 15 is 0 Å². The average molecular weight is 220 g/mol. The van der Waals surface area contributed by atoms with E-state index in [0.717, 1.165) is 0 Å². The van der Waals surface area contributed by atoms with Crippen LogP contribution < -0.4 is 0 Å². The Hall–Kier alpha value is -0.970. The lowest BCUT2D eigenvalue weighted by atomic mass is 9.78. The first-order valence-corrected chi connectivity index (χ1v) is 4.66. The molecular formula is C10H11F3O2. The summed E-state index contributed by atoms with van der Waals surface area (Å²) < 4.78 is 42.6. The van der Waals surface area contributed by atoms with Crippen LogP contribution in [0.25, 0.3) is 0 Å². The lowest BCUT2D eigenvalue weighted by Crippen LogP contribution is -2.38. The predicted octanol–water partition coefficient (Wildman–Crippen LogP) is 2.61. The molecular weight excluding hydrogens is 209 g/mol. The standard InChI is InChI=1S/C10H11F3O2/c1-9(14)5-6(10(11,12)13)4-8-7(9)2-3-15-8/h2-3,6,14H,4-5H2,1H3. The normalized spacial score (nSPS) is 31.4. The minimum atomic E-state index is -4.28. The molecule has 0 radical (unpaired) electrons. The Morgan fingerprint density at radius 1 is 1.53 bits per heavy atom. The molecule has 2 nitrogen and oxygen atoms in total. The molecule has 1 aliphatic rings. The smallest absolute Gasteiger partial charge is 0.392 e. The number of halogens is 3. The highest BCUT2D eigenvalue weighted by molar-refractivity contribution is 5.27. The van der Waals surface area contributed by atoms with E-state index < -0.39 is 17.7 Å². The summed E-state index contributed by atoms with van der Waals surface area (Å²) in [6, 6.07) is 1.53. The Morgan fingerprint density at radius 3 is 2.80 bits per heavy atom. The molecule has 0 saturated heterocycles. The Balaban J connectivity index is 2.36. The third kappa shape index (κ3) is 1.76. The Morgan fingerprint density at radius 2 is 2.20 bits per heavy atom. The summed E-state index contributed by atoms with van der Waals surface area (Å²) in [7, 11) is 0. The third-order valence-corrected chi connectivity index (χ3v) is 2.86. The van der Waals surface area contributed by atoms with Gasteiger partial charge >= 0.3 is 6.18 Å². The molecule has 0 bridgehead atoms. The molecule has 1 heterocycles. The second-order valence-electron chi connectivity index (χ2n) is 4.18. The summed E-state index contributed by atoms with van der Waals surface area (Å²) in [6.07, 6.45) is -3.45. The van der Waals surface area contributed by atoms with Gasteiger partial charge in [0, 0.05) is 12.0 Å². The highest BCUT2D eigenvalue weighted by Gasteiger charge is 2.48. The van der Waals surface area contributed by atoms with E-state index in [-0.39, 0.29) is 18.6 Å². The first kappa shape index (κ1) is 10.5. The molecule has 5 heteroatoms. The Labute approximate surface area is 84.7 Å². The van der Waals surface area contributed by atoms with E-state index in [1.54, 1.807) is 0 Å². The van der Waals surface area contributed by atoms with Crippen LogP contribution in [-0.4, -0.2) is 11.3 Å². The van der Waals surface area contributed by atoms with Crippen LogP contribution in [0, 0.1) is 5.92 Å². The molecule has 0 saturated carbocycles. The monoisotopic (exact) mass is 220 g/mol. The van der Waals surface area contributed by atoms with Crippen molar-refractivity contribution >= 4 is 0 Å². The lowest BCUT2D eigenvalue weighted by Gasteiger charge is -2.34. The lowest BCUT2D eigenvalue weighted by molar-refractivity contribution is -0.193. The highest BCUT2D eigenvalue weighted by Crippen LogP contribution is 2.44. The summed E-state index contributed by atoms with van der Waals surface area (Å²) in [5.74, 6) is -1.28. The average Bonchev–Trinajstić information content (AvgIpc) is 2.49. The Kier molecular flexibility index (Phi) is 2.12. The van der Waals surface area contributed by atoms with E-state index in [1.807, 2.05) is 0 Å². The van der Waals surface area contributed by atoms with Gasteiger partial charge in [-0.15, -0.1) is 0 Å². The maximum absolute atomic E-state index is 12.5. The van der Waals surface area contributed by atoms with Crippen LogP contribution in [-0.2, 0) is 12.0 Å². The van der Waals surface area contributed by atoms with Gasteiger partial charge in [0.05, 0.1) is 17.8 Å². The fraction of sp³-hybridized carbons (Fsp3) is 0.600. The SMILES string of the molecule is CC1(O)CC(C(F)(F)F)Cc2occc21. The van der Waals surface area contributed by atoms with Gasteiger partial charge < -0.3 is 9.52 Å². The first-order valence-electron chi connectivity index (χ1n) is 4.66. The summed E-state index contributed by atoms with van der Waals surface area (Å²) >= 11 is 0. The minimum absolute atomic E-state index is 0.179. The second-order valence-corrected chi connectivity index (χ2v) is 4.18. The fourth-order valence-electron chi connectivity index (χ4n) is 2.10. The van der Waals surface area contributed by atoms with Gasteiger partial charge in [0.2, 0.25) is 0 Å². The molecule has 15 heavy (non-hydrogen) atoms. The maximum atomic E-state index is 12.5. The van der Waals surface area contributed by atoms with E-state index in [4.69, 9.17) is 4.42 Å². The van der Waals surface area contributed by atoms with Crippen LogP contribution in [0.5, 0.6) is 0 Å². The fourth-order valence-corrected chi connectivity index (χ4v) is 2.10. The van der Waals surface area contributed by atoms with Crippen molar-refractivity contribution in [3.8, 4) is 0 Å². The molecule has 0 aromatic carbocycles. The van der Waals surface area contributed by atoms with Crippen molar-refractivity contribution in [1.82, 2.24) is 0 Å². The van der Waals surface area contributed by atoms with Crippen LogP contribution in [0.3, 0.4) is 0 Å². The van der Waals surface area contributed by atoms with Crippen molar-refractivity contribution in [2.45, 2.75) is 31.5 Å². The molecule has 1 aromatic rings. The van der Waals surface area contributed by atoms with Crippen LogP contribution in [0.1, 0.15) is 24.7 Å². The second kappa shape index (κ2) is 3.01. The minimum Gasteiger partial charge on any atom is -0.469 e. The molecule has 1 aromatic heterocycles. The molecule has 0 fully saturated rings. The van der Waals surface area contributed by atoms with Crippen molar-refractivity contribution in [3.05, 3.63) is 23.7 Å². The van der Waals surface area contributed by atoms with E-state index in [1.165, 1.54) is 19.3 Å². The summed E-state index contributed by atoms with van der Waals surface area (Å²) in [4.78, 5) is 0. The van der Waals surface area contributed by atoms with Gasteiger partial charge in [0.1, 0.15) is 5.76 Å². The predicted molar refractivity (Wildman–Crippen MR) is 46.1 cm³/mol. The van der Waals surface area contributed by atoms with E-state index in [0.29, 0.717) is 5.56 Å². The Bertz CT molecular complexity index is 365. The maximum Gasteiger partial charge on any atom is 0.392 e. The number of rotatable bonds is 0. The zero-order valence-electron chi connectivity index (χ0n) is 8.14. The van der Waals surface area contributed by atoms with Crippen LogP contribution in [0.2, 0.25) is 0 Å². The molecule has 2 unspecified atom stereocenters. The molecule has 0 amide bonds. The molecule has 0 aliphatic heterocycles. The number of hydrogen-bond donors (Lipinski definition) is 1. The van der Waals surface area contributed by atoms with E-state index in [2.05, 4.69) is 0 Å². The molecule has 2 rings (SSSR count). The van der Waals surface area contributed by atoms with E-state index in [9.17, 15) is 18.3 Å². The number of fused-ring (bicyclic) bond motifs is 1. The number of furan rings is 1. The third-order valence-electron chi connectivity index (χ3n) is 2.86. The van der Waals surface area contributed by atoms with Gasteiger partial charge in [-0.25, -0.2) is 0 Å². The molecule has 2 atom stereocenters. The topological polar surface area (TPSA) is 33.4 Å². The van der Waals surface area contributed by atoms with Crippen molar-refractivity contribution < 1.29 is 22.7 Å². The van der Waals surface area contributed by atoms with Crippen LogP contribution in [0.4, 0.5) is 13.2 Å². The van der Waals surface area contributed by atoms with Crippen molar-refractivity contribution in [3.63, 3.8) is 0 Å². The first-order chi connectivity index (χ1) is 6.81. The zero-order chi connectivity index (χ0) is 11.3. The summed E-state index contributed by atoms with van der Waals surface area (Å²) in [5, 5.41) is 9.89. The molecule has 0 spiro atoms. The van der Waals surface area contributed by atoms with Crippen LogP contribution >= 0.6 is 0 Å². The van der Waals surface area contributed by atoms with Gasteiger partial charge in [-0.1, -0.05) is 0 Å². The van der Waals surface area contributed by atoms with Gasteiger partial charge in [0.25, 0.3) is 0 Å². The highest BCUT2D eigenvalue weighted by atomic mass is 19.4. The van der Waals surface area contributed by atoms with Crippen molar-refractivity contribution in [2.75, 3.05) is 0 Å². The molecule has 1 N–H and O–H groups in total. The number of alkyl halides is 3. The molecule has 84 valence electrons. The van der Waals surface area contributed by atoms with Gasteiger partial charge in [-0.2, -0.15) is 13.2 Å². The van der Waals surface area contributed by atoms with Crippen LogP contribution in [0.15, 0.2) is 16.7 Å². The van der Waals surface area contributed by atoms with Gasteiger partial charge in [-0.05, 0) is 19.4 Å². The van der Waals surface area contributed by atoms with Crippen molar-refractivity contribution in [2.24, 2.45) is 5.92 Å². The van der Waals surface area contributed by atoms with Crippen molar-refractivity contribution in [1.29, 1.82) is 0 Å². The van der Waals surface area contributed by atoms with Gasteiger partial charge in [-0.3, -0.25) is 0 Å². The quantitative estimate of drug-likeness (QED) is 0.729. The zero-order valence-corrected chi connectivity index (χ0v) is 8.14. The largest absolute Gasteiger partial charge is 0.469 e. The number of aliphatic hydroxyl groups is 1. The number of hydrogen-bond acceptors (Lipinski definition) is 2. The summed E-state index contributed by atoms with van der Waals surface area (Å²) in [5.41, 5.74) is -0.969. The molecule has 1 aliphatic carbocycles.